The zero-order valence-electron chi connectivity index (χ0n) is 15.2. The summed E-state index contributed by atoms with van der Waals surface area (Å²) in [5.74, 6) is 0.312. The lowest BCUT2D eigenvalue weighted by Crippen LogP contribution is -2.30. The van der Waals surface area contributed by atoms with Crippen LogP contribution in [0.4, 0.5) is 5.69 Å². The SMILES string of the molecule is COc1ccc(Cl)cc1NC(=O)CN(C)Cc1cc(=O)n2c(C)csc2n1. The van der Waals surface area contributed by atoms with Crippen LogP contribution in [0.15, 0.2) is 34.4 Å². The molecule has 1 N–H and O–H groups in total. The van der Waals surface area contributed by atoms with Crippen molar-refractivity contribution < 1.29 is 9.53 Å². The van der Waals surface area contributed by atoms with E-state index in [0.717, 1.165) is 5.69 Å². The molecule has 0 bridgehead atoms. The number of ether oxygens (including phenoxy) is 1. The molecule has 2 aromatic heterocycles. The van der Waals surface area contributed by atoms with E-state index < -0.39 is 0 Å². The van der Waals surface area contributed by atoms with Crippen molar-refractivity contribution in [2.45, 2.75) is 13.5 Å². The van der Waals surface area contributed by atoms with Gasteiger partial charge in [-0.1, -0.05) is 11.6 Å². The number of anilines is 1. The third kappa shape index (κ3) is 4.47. The molecule has 0 aliphatic carbocycles. The molecule has 7 nitrogen and oxygen atoms in total. The quantitative estimate of drug-likeness (QED) is 0.681. The third-order valence-corrected chi connectivity index (χ3v) is 5.09. The standard InChI is InChI=1S/C18H19ClN4O3S/c1-11-10-27-18-20-13(7-17(25)23(11)18)8-22(2)9-16(24)21-14-6-12(19)4-5-15(14)26-3/h4-7,10H,8-9H2,1-3H3,(H,21,24). The van der Waals surface area contributed by atoms with Crippen LogP contribution in [0.25, 0.3) is 4.96 Å². The minimum absolute atomic E-state index is 0.115. The Balaban J connectivity index is 1.67. The highest BCUT2D eigenvalue weighted by atomic mass is 35.5. The molecular weight excluding hydrogens is 388 g/mol. The van der Waals surface area contributed by atoms with Crippen LogP contribution < -0.4 is 15.6 Å². The van der Waals surface area contributed by atoms with E-state index >= 15 is 0 Å². The molecule has 0 atom stereocenters. The van der Waals surface area contributed by atoms with Crippen LogP contribution in [0.5, 0.6) is 5.75 Å². The summed E-state index contributed by atoms with van der Waals surface area (Å²) in [5, 5.41) is 5.18. The molecule has 0 radical (unpaired) electrons. The Hall–Kier alpha value is -2.42. The monoisotopic (exact) mass is 406 g/mol. The molecule has 0 saturated heterocycles. The number of aryl methyl sites for hydroxylation is 1. The number of nitrogens with one attached hydrogen (secondary N) is 1. The van der Waals surface area contributed by atoms with E-state index in [1.54, 1.807) is 34.5 Å². The summed E-state index contributed by atoms with van der Waals surface area (Å²) in [6, 6.07) is 6.51. The lowest BCUT2D eigenvalue weighted by atomic mass is 10.3. The summed E-state index contributed by atoms with van der Waals surface area (Å²) < 4.78 is 6.80. The van der Waals surface area contributed by atoms with E-state index in [1.165, 1.54) is 24.5 Å². The zero-order chi connectivity index (χ0) is 19.6. The van der Waals surface area contributed by atoms with Gasteiger partial charge in [0.1, 0.15) is 5.75 Å². The summed E-state index contributed by atoms with van der Waals surface area (Å²) in [7, 11) is 3.32. The fourth-order valence-electron chi connectivity index (χ4n) is 2.73. The Kier molecular flexibility index (Phi) is 5.79. The molecule has 3 aromatic rings. The second-order valence-electron chi connectivity index (χ2n) is 6.15. The maximum atomic E-state index is 12.3. The van der Waals surface area contributed by atoms with Crippen molar-refractivity contribution in [1.29, 1.82) is 0 Å². The largest absolute Gasteiger partial charge is 0.495 e. The van der Waals surface area contributed by atoms with Gasteiger partial charge in [-0.25, -0.2) is 4.98 Å². The number of thiazole rings is 1. The maximum Gasteiger partial charge on any atom is 0.259 e. The van der Waals surface area contributed by atoms with E-state index in [4.69, 9.17) is 16.3 Å². The lowest BCUT2D eigenvalue weighted by Gasteiger charge is -2.17. The van der Waals surface area contributed by atoms with Crippen LogP contribution in [-0.4, -0.2) is 40.9 Å². The Morgan fingerprint density at radius 2 is 2.19 bits per heavy atom. The number of benzene rings is 1. The van der Waals surface area contributed by atoms with Gasteiger partial charge in [-0.05, 0) is 32.2 Å². The molecule has 142 valence electrons. The predicted octanol–water partition coefficient (Wildman–Crippen LogP) is 2.80. The van der Waals surface area contributed by atoms with Gasteiger partial charge < -0.3 is 10.1 Å². The van der Waals surface area contributed by atoms with E-state index in [-0.39, 0.29) is 18.0 Å². The number of likely N-dealkylation sites (N-methyl/N-ethyl adjacent to an activating group) is 1. The van der Waals surface area contributed by atoms with Gasteiger partial charge in [-0.15, -0.1) is 11.3 Å². The molecule has 0 spiro atoms. The maximum absolute atomic E-state index is 12.3. The third-order valence-electron chi connectivity index (χ3n) is 3.91. The van der Waals surface area contributed by atoms with E-state index in [9.17, 15) is 9.59 Å². The number of amides is 1. The molecule has 0 fully saturated rings. The van der Waals surface area contributed by atoms with Crippen molar-refractivity contribution in [2.75, 3.05) is 26.0 Å². The predicted molar refractivity (Wildman–Crippen MR) is 107 cm³/mol. The first-order valence-electron chi connectivity index (χ1n) is 8.16. The molecule has 0 unspecified atom stereocenters. The van der Waals surface area contributed by atoms with Crippen LogP contribution >= 0.6 is 22.9 Å². The summed E-state index contributed by atoms with van der Waals surface area (Å²) in [5.41, 5.74) is 1.88. The number of carbonyl (C=O) groups excluding carboxylic acids is 1. The number of carbonyl (C=O) groups is 1. The number of hydrogen-bond donors (Lipinski definition) is 1. The van der Waals surface area contributed by atoms with Crippen molar-refractivity contribution in [3.05, 3.63) is 56.4 Å². The molecule has 3 rings (SSSR count). The first-order chi connectivity index (χ1) is 12.9. The van der Waals surface area contributed by atoms with Crippen LogP contribution in [-0.2, 0) is 11.3 Å². The number of aromatic nitrogens is 2. The van der Waals surface area contributed by atoms with Gasteiger partial charge in [0, 0.05) is 28.7 Å². The molecule has 2 heterocycles. The highest BCUT2D eigenvalue weighted by Crippen LogP contribution is 2.27. The molecule has 0 aliphatic heterocycles. The average Bonchev–Trinajstić information content (AvgIpc) is 2.96. The summed E-state index contributed by atoms with van der Waals surface area (Å²) >= 11 is 7.40. The summed E-state index contributed by atoms with van der Waals surface area (Å²) in [6.07, 6.45) is 0. The molecule has 27 heavy (non-hydrogen) atoms. The van der Waals surface area contributed by atoms with Gasteiger partial charge >= 0.3 is 0 Å². The fraction of sp³-hybridized carbons (Fsp3) is 0.278. The Labute approximate surface area is 165 Å². The van der Waals surface area contributed by atoms with Gasteiger partial charge in [0.15, 0.2) is 4.96 Å². The number of hydrogen-bond acceptors (Lipinski definition) is 6. The first kappa shape index (κ1) is 19.3. The van der Waals surface area contributed by atoms with Crippen molar-refractivity contribution in [2.24, 2.45) is 0 Å². The minimum Gasteiger partial charge on any atom is -0.495 e. The van der Waals surface area contributed by atoms with Gasteiger partial charge in [0.2, 0.25) is 5.91 Å². The first-order valence-corrected chi connectivity index (χ1v) is 9.42. The lowest BCUT2D eigenvalue weighted by molar-refractivity contribution is -0.117. The van der Waals surface area contributed by atoms with Crippen molar-refractivity contribution in [3.63, 3.8) is 0 Å². The highest BCUT2D eigenvalue weighted by molar-refractivity contribution is 7.15. The van der Waals surface area contributed by atoms with Crippen molar-refractivity contribution in [1.82, 2.24) is 14.3 Å². The second-order valence-corrected chi connectivity index (χ2v) is 7.42. The Morgan fingerprint density at radius 3 is 2.93 bits per heavy atom. The second kappa shape index (κ2) is 8.08. The molecule has 1 aromatic carbocycles. The molecule has 1 amide bonds. The number of nitrogens with zero attached hydrogens (tertiary/aromatic N) is 3. The summed E-state index contributed by atoms with van der Waals surface area (Å²) in [4.78, 5) is 31.5. The van der Waals surface area contributed by atoms with Crippen LogP contribution in [0.1, 0.15) is 11.4 Å². The minimum atomic E-state index is -0.220. The summed E-state index contributed by atoms with van der Waals surface area (Å²) in [6.45, 7) is 2.37. The molecule has 0 aliphatic rings. The van der Waals surface area contributed by atoms with E-state index in [2.05, 4.69) is 10.3 Å². The van der Waals surface area contributed by atoms with Crippen LogP contribution in [0.3, 0.4) is 0 Å². The molecule has 0 saturated carbocycles. The van der Waals surface area contributed by atoms with Crippen LogP contribution in [0.2, 0.25) is 5.02 Å². The zero-order valence-corrected chi connectivity index (χ0v) is 16.7. The van der Waals surface area contributed by atoms with Crippen molar-refractivity contribution in [3.8, 4) is 5.75 Å². The van der Waals surface area contributed by atoms with Gasteiger partial charge in [0.05, 0.1) is 25.0 Å². The van der Waals surface area contributed by atoms with Crippen LogP contribution in [0, 0.1) is 6.92 Å². The Morgan fingerprint density at radius 1 is 1.41 bits per heavy atom. The smallest absolute Gasteiger partial charge is 0.259 e. The van der Waals surface area contributed by atoms with Crippen molar-refractivity contribution >= 4 is 39.5 Å². The fourth-order valence-corrected chi connectivity index (χ4v) is 3.79. The molecular formula is C18H19ClN4O3S. The number of fused-ring (bicyclic) bond motifs is 1. The van der Waals surface area contributed by atoms with Gasteiger partial charge in [0.25, 0.3) is 5.56 Å². The van der Waals surface area contributed by atoms with Gasteiger partial charge in [-0.3, -0.25) is 18.9 Å². The molecule has 9 heteroatoms. The van der Waals surface area contributed by atoms with Gasteiger partial charge in [-0.2, -0.15) is 0 Å². The topological polar surface area (TPSA) is 75.9 Å². The number of halogens is 1. The average molecular weight is 407 g/mol. The van der Waals surface area contributed by atoms with E-state index in [0.29, 0.717) is 33.7 Å². The number of rotatable bonds is 6. The highest BCUT2D eigenvalue weighted by Gasteiger charge is 2.13. The number of methoxy groups -OCH3 is 1. The normalized spacial score (nSPS) is 11.1. The Bertz CT molecular complexity index is 1050. The van der Waals surface area contributed by atoms with E-state index in [1.807, 2.05) is 12.3 Å².